The SMILES string of the molecule is CCc1ccc(OCC(C)(O)CC)cc1. The summed E-state index contributed by atoms with van der Waals surface area (Å²) in [5.41, 5.74) is 0.563. The highest BCUT2D eigenvalue weighted by Gasteiger charge is 2.18. The van der Waals surface area contributed by atoms with Crippen LogP contribution in [0.25, 0.3) is 0 Å². The lowest BCUT2D eigenvalue weighted by molar-refractivity contribution is 0.00847. The minimum absolute atomic E-state index is 0.342. The molecule has 2 nitrogen and oxygen atoms in total. The van der Waals surface area contributed by atoms with Crippen molar-refractivity contribution in [1.29, 1.82) is 0 Å². The first kappa shape index (κ1) is 12.1. The average molecular weight is 208 g/mol. The molecule has 0 aromatic heterocycles. The van der Waals surface area contributed by atoms with Gasteiger partial charge in [0.25, 0.3) is 0 Å². The highest BCUT2D eigenvalue weighted by atomic mass is 16.5. The lowest BCUT2D eigenvalue weighted by atomic mass is 10.1. The molecule has 1 aromatic carbocycles. The molecule has 84 valence electrons. The fraction of sp³-hybridized carbons (Fsp3) is 0.538. The summed E-state index contributed by atoms with van der Waals surface area (Å²) < 4.78 is 5.51. The standard InChI is InChI=1S/C13H20O2/c1-4-11-6-8-12(9-7-11)15-10-13(3,14)5-2/h6-9,14H,4-5,10H2,1-3H3. The van der Waals surface area contributed by atoms with E-state index in [4.69, 9.17) is 4.74 Å². The van der Waals surface area contributed by atoms with Gasteiger partial charge in [0.15, 0.2) is 0 Å². The summed E-state index contributed by atoms with van der Waals surface area (Å²) in [7, 11) is 0. The molecule has 1 atom stereocenters. The largest absolute Gasteiger partial charge is 0.491 e. The quantitative estimate of drug-likeness (QED) is 0.806. The highest BCUT2D eigenvalue weighted by molar-refractivity contribution is 5.27. The molecule has 0 radical (unpaired) electrons. The summed E-state index contributed by atoms with van der Waals surface area (Å²) in [6.07, 6.45) is 1.73. The summed E-state index contributed by atoms with van der Waals surface area (Å²) in [6.45, 7) is 6.20. The van der Waals surface area contributed by atoms with Crippen LogP contribution in [0.3, 0.4) is 0 Å². The number of hydrogen-bond donors (Lipinski definition) is 1. The lowest BCUT2D eigenvalue weighted by Crippen LogP contribution is -2.31. The van der Waals surface area contributed by atoms with Gasteiger partial charge in [-0.3, -0.25) is 0 Å². The number of aryl methyl sites for hydroxylation is 1. The molecule has 15 heavy (non-hydrogen) atoms. The fourth-order valence-corrected chi connectivity index (χ4v) is 1.16. The van der Waals surface area contributed by atoms with Gasteiger partial charge in [0, 0.05) is 0 Å². The topological polar surface area (TPSA) is 29.5 Å². The van der Waals surface area contributed by atoms with Crippen LogP contribution in [-0.2, 0) is 6.42 Å². The predicted molar refractivity (Wildman–Crippen MR) is 62.2 cm³/mol. The van der Waals surface area contributed by atoms with Crippen LogP contribution in [0.4, 0.5) is 0 Å². The molecule has 0 amide bonds. The van der Waals surface area contributed by atoms with Crippen molar-refractivity contribution < 1.29 is 9.84 Å². The second-order valence-corrected chi connectivity index (χ2v) is 4.14. The van der Waals surface area contributed by atoms with Crippen LogP contribution in [0.1, 0.15) is 32.8 Å². The van der Waals surface area contributed by atoms with Gasteiger partial charge in [-0.2, -0.15) is 0 Å². The third-order valence-corrected chi connectivity index (χ3v) is 2.64. The minimum Gasteiger partial charge on any atom is -0.491 e. The first-order chi connectivity index (χ1) is 7.07. The van der Waals surface area contributed by atoms with Crippen LogP contribution in [0.15, 0.2) is 24.3 Å². The summed E-state index contributed by atoms with van der Waals surface area (Å²) in [5.74, 6) is 0.820. The Morgan fingerprint density at radius 1 is 1.20 bits per heavy atom. The van der Waals surface area contributed by atoms with Gasteiger partial charge in [-0.25, -0.2) is 0 Å². The van der Waals surface area contributed by atoms with Crippen molar-refractivity contribution >= 4 is 0 Å². The van der Waals surface area contributed by atoms with E-state index in [1.54, 1.807) is 6.92 Å². The second-order valence-electron chi connectivity index (χ2n) is 4.14. The Labute approximate surface area is 91.9 Å². The van der Waals surface area contributed by atoms with E-state index in [9.17, 15) is 5.11 Å². The average Bonchev–Trinajstić information content (AvgIpc) is 2.27. The van der Waals surface area contributed by atoms with Crippen molar-refractivity contribution in [2.75, 3.05) is 6.61 Å². The van der Waals surface area contributed by atoms with E-state index in [0.29, 0.717) is 13.0 Å². The Kier molecular flexibility index (Phi) is 4.15. The fourth-order valence-electron chi connectivity index (χ4n) is 1.16. The lowest BCUT2D eigenvalue weighted by Gasteiger charge is -2.21. The molecular formula is C13H20O2. The Bertz CT molecular complexity index is 288. The van der Waals surface area contributed by atoms with E-state index in [-0.39, 0.29) is 0 Å². The molecule has 0 aliphatic heterocycles. The summed E-state index contributed by atoms with van der Waals surface area (Å²) in [6, 6.07) is 8.00. The maximum absolute atomic E-state index is 9.76. The van der Waals surface area contributed by atoms with Gasteiger partial charge in [0.2, 0.25) is 0 Å². The van der Waals surface area contributed by atoms with E-state index in [1.807, 2.05) is 19.1 Å². The molecule has 0 heterocycles. The van der Waals surface area contributed by atoms with Gasteiger partial charge in [0.05, 0.1) is 5.60 Å². The van der Waals surface area contributed by atoms with Crippen LogP contribution < -0.4 is 4.74 Å². The first-order valence-corrected chi connectivity index (χ1v) is 5.51. The van der Waals surface area contributed by atoms with Crippen molar-refractivity contribution in [2.45, 2.75) is 39.2 Å². The van der Waals surface area contributed by atoms with Crippen LogP contribution in [0.2, 0.25) is 0 Å². The van der Waals surface area contributed by atoms with E-state index in [1.165, 1.54) is 5.56 Å². The Morgan fingerprint density at radius 2 is 1.80 bits per heavy atom. The number of rotatable bonds is 5. The normalized spacial score (nSPS) is 14.7. The molecule has 0 spiro atoms. The van der Waals surface area contributed by atoms with Crippen LogP contribution >= 0.6 is 0 Å². The number of aliphatic hydroxyl groups is 1. The van der Waals surface area contributed by atoms with Crippen molar-refractivity contribution in [1.82, 2.24) is 0 Å². The Balaban J connectivity index is 2.51. The summed E-state index contributed by atoms with van der Waals surface area (Å²) in [5, 5.41) is 9.76. The van der Waals surface area contributed by atoms with Gasteiger partial charge >= 0.3 is 0 Å². The molecule has 1 unspecified atom stereocenters. The molecule has 1 rings (SSSR count). The molecule has 2 heteroatoms. The molecule has 0 fully saturated rings. The summed E-state index contributed by atoms with van der Waals surface area (Å²) in [4.78, 5) is 0. The van der Waals surface area contributed by atoms with Crippen LogP contribution in [0.5, 0.6) is 5.75 Å². The minimum atomic E-state index is -0.733. The third-order valence-electron chi connectivity index (χ3n) is 2.64. The van der Waals surface area contributed by atoms with E-state index >= 15 is 0 Å². The maximum atomic E-state index is 9.76. The zero-order valence-corrected chi connectivity index (χ0v) is 9.79. The van der Waals surface area contributed by atoms with Gasteiger partial charge in [-0.1, -0.05) is 26.0 Å². The van der Waals surface area contributed by atoms with E-state index < -0.39 is 5.60 Å². The van der Waals surface area contributed by atoms with Gasteiger partial charge in [-0.05, 0) is 37.5 Å². The highest BCUT2D eigenvalue weighted by Crippen LogP contribution is 2.16. The molecule has 1 aromatic rings. The zero-order chi connectivity index (χ0) is 11.3. The van der Waals surface area contributed by atoms with Crippen LogP contribution in [-0.4, -0.2) is 17.3 Å². The van der Waals surface area contributed by atoms with Crippen molar-refractivity contribution in [3.05, 3.63) is 29.8 Å². The van der Waals surface area contributed by atoms with Gasteiger partial charge in [-0.15, -0.1) is 0 Å². The molecule has 1 N–H and O–H groups in total. The molecule has 0 saturated heterocycles. The monoisotopic (exact) mass is 208 g/mol. The van der Waals surface area contributed by atoms with E-state index in [0.717, 1.165) is 12.2 Å². The Hall–Kier alpha value is -1.02. The molecular weight excluding hydrogens is 188 g/mol. The first-order valence-electron chi connectivity index (χ1n) is 5.51. The number of ether oxygens (including phenoxy) is 1. The maximum Gasteiger partial charge on any atom is 0.119 e. The molecule has 0 aliphatic carbocycles. The zero-order valence-electron chi connectivity index (χ0n) is 9.79. The summed E-state index contributed by atoms with van der Waals surface area (Å²) >= 11 is 0. The third kappa shape index (κ3) is 3.92. The van der Waals surface area contributed by atoms with Crippen molar-refractivity contribution in [3.8, 4) is 5.75 Å². The Morgan fingerprint density at radius 3 is 2.27 bits per heavy atom. The predicted octanol–water partition coefficient (Wildman–Crippen LogP) is 2.79. The smallest absolute Gasteiger partial charge is 0.119 e. The number of hydrogen-bond acceptors (Lipinski definition) is 2. The van der Waals surface area contributed by atoms with E-state index in [2.05, 4.69) is 19.1 Å². The van der Waals surface area contributed by atoms with Crippen molar-refractivity contribution in [2.24, 2.45) is 0 Å². The molecule has 0 bridgehead atoms. The second kappa shape index (κ2) is 5.17. The molecule has 0 saturated carbocycles. The van der Waals surface area contributed by atoms with Crippen molar-refractivity contribution in [3.63, 3.8) is 0 Å². The van der Waals surface area contributed by atoms with Gasteiger partial charge in [0.1, 0.15) is 12.4 Å². The van der Waals surface area contributed by atoms with Gasteiger partial charge < -0.3 is 9.84 Å². The van der Waals surface area contributed by atoms with Crippen LogP contribution in [0, 0.1) is 0 Å². The number of benzene rings is 1. The molecule has 0 aliphatic rings.